The molecule has 1 fully saturated rings. The van der Waals surface area contributed by atoms with Crippen LogP contribution in [0.5, 0.6) is 0 Å². The van der Waals surface area contributed by atoms with Crippen LogP contribution in [0.25, 0.3) is 0 Å². The van der Waals surface area contributed by atoms with Crippen molar-refractivity contribution in [1.29, 1.82) is 0 Å². The van der Waals surface area contributed by atoms with Gasteiger partial charge in [-0.2, -0.15) is 0 Å². The van der Waals surface area contributed by atoms with E-state index in [4.69, 9.17) is 0 Å². The Morgan fingerprint density at radius 1 is 1.33 bits per heavy atom. The lowest BCUT2D eigenvalue weighted by Gasteiger charge is -2.16. The van der Waals surface area contributed by atoms with Crippen molar-refractivity contribution in [3.8, 4) is 0 Å². The van der Waals surface area contributed by atoms with Gasteiger partial charge in [-0.25, -0.2) is 10.4 Å². The molecule has 0 aliphatic carbocycles. The Hall–Kier alpha value is -1.43. The van der Waals surface area contributed by atoms with Gasteiger partial charge in [-0.1, -0.05) is 17.7 Å². The van der Waals surface area contributed by atoms with Gasteiger partial charge in [0.1, 0.15) is 0 Å². The van der Waals surface area contributed by atoms with Crippen molar-refractivity contribution >= 4 is 11.6 Å². The number of amides is 1. The normalized spacial score (nSPS) is 19.7. The molecular formula is C10H12N2O3. The number of hydrogen-bond acceptors (Lipinski definition) is 4. The van der Waals surface area contributed by atoms with Gasteiger partial charge >= 0.3 is 5.91 Å². The molecule has 0 unspecified atom stereocenters. The highest BCUT2D eigenvalue weighted by Gasteiger charge is 2.44. The zero-order valence-electron chi connectivity index (χ0n) is 8.27. The zero-order chi connectivity index (χ0) is 11.1. The van der Waals surface area contributed by atoms with E-state index < -0.39 is 11.7 Å². The maximum Gasteiger partial charge on any atom is 0.302 e. The smallest absolute Gasteiger partial charge is 0.302 e. The number of hydrazine groups is 1. The van der Waals surface area contributed by atoms with E-state index in [1.54, 1.807) is 12.1 Å². The minimum Gasteiger partial charge on any atom is -0.357 e. The van der Waals surface area contributed by atoms with Crippen molar-refractivity contribution < 1.29 is 15.0 Å². The first-order valence-corrected chi connectivity index (χ1v) is 4.60. The summed E-state index contributed by atoms with van der Waals surface area (Å²) < 4.78 is 0. The highest BCUT2D eigenvalue weighted by atomic mass is 16.5. The number of carbonyl (C=O) groups is 1. The summed E-state index contributed by atoms with van der Waals surface area (Å²) in [7, 11) is 0. The highest BCUT2D eigenvalue weighted by molar-refractivity contribution is 5.99. The molecule has 80 valence electrons. The summed E-state index contributed by atoms with van der Waals surface area (Å²) in [5, 5.41) is 19.6. The van der Waals surface area contributed by atoms with E-state index in [-0.39, 0.29) is 6.54 Å². The van der Waals surface area contributed by atoms with Gasteiger partial charge in [-0.15, -0.1) is 0 Å². The second-order valence-corrected chi connectivity index (χ2v) is 3.63. The van der Waals surface area contributed by atoms with Crippen LogP contribution in [0.2, 0.25) is 0 Å². The van der Waals surface area contributed by atoms with E-state index >= 15 is 0 Å². The first-order valence-electron chi connectivity index (χ1n) is 4.60. The number of benzene rings is 1. The Labute approximate surface area is 86.9 Å². The summed E-state index contributed by atoms with van der Waals surface area (Å²) >= 11 is 0. The molecular weight excluding hydrogens is 196 g/mol. The molecule has 1 aliphatic rings. The number of carbonyl (C=O) groups excluding carboxylic acids is 1. The lowest BCUT2D eigenvalue weighted by Crippen LogP contribution is -2.41. The number of aryl methyl sites for hydroxylation is 1. The molecule has 1 saturated heterocycles. The maximum absolute atomic E-state index is 11.5. The summed E-state index contributed by atoms with van der Waals surface area (Å²) in [4.78, 5) is 11.5. The quantitative estimate of drug-likeness (QED) is 0.545. The van der Waals surface area contributed by atoms with Gasteiger partial charge in [0.2, 0.25) is 0 Å². The highest BCUT2D eigenvalue weighted by Crippen LogP contribution is 2.20. The van der Waals surface area contributed by atoms with Crippen LogP contribution in [0, 0.1) is 6.92 Å². The molecule has 1 aromatic rings. The van der Waals surface area contributed by atoms with Gasteiger partial charge < -0.3 is 10.2 Å². The van der Waals surface area contributed by atoms with E-state index in [9.17, 15) is 15.0 Å². The van der Waals surface area contributed by atoms with E-state index in [2.05, 4.69) is 5.43 Å². The average Bonchev–Trinajstić information content (AvgIpc) is 2.45. The van der Waals surface area contributed by atoms with E-state index in [0.29, 0.717) is 5.69 Å². The molecule has 1 heterocycles. The fourth-order valence-electron chi connectivity index (χ4n) is 1.42. The Morgan fingerprint density at radius 3 is 2.40 bits per heavy atom. The Morgan fingerprint density at radius 2 is 1.93 bits per heavy atom. The first-order chi connectivity index (χ1) is 7.00. The summed E-state index contributed by atoms with van der Waals surface area (Å²) in [5.74, 6) is -3.06. The fraction of sp³-hybridized carbons (Fsp3) is 0.300. The molecule has 0 atom stereocenters. The van der Waals surface area contributed by atoms with Crippen molar-refractivity contribution in [2.75, 3.05) is 11.6 Å². The molecule has 1 amide bonds. The molecule has 0 aromatic heterocycles. The molecule has 1 aliphatic heterocycles. The summed E-state index contributed by atoms with van der Waals surface area (Å²) in [6.45, 7) is 1.74. The Kier molecular flexibility index (Phi) is 2.22. The summed E-state index contributed by atoms with van der Waals surface area (Å²) in [6, 6.07) is 7.17. The van der Waals surface area contributed by atoms with Gasteiger partial charge in [0.15, 0.2) is 0 Å². The van der Waals surface area contributed by atoms with Crippen LogP contribution in [0.3, 0.4) is 0 Å². The van der Waals surface area contributed by atoms with Crippen molar-refractivity contribution in [2.45, 2.75) is 12.7 Å². The second kappa shape index (κ2) is 3.30. The van der Waals surface area contributed by atoms with Gasteiger partial charge in [0.25, 0.3) is 5.79 Å². The Bertz CT molecular complexity index is 386. The van der Waals surface area contributed by atoms with Crippen LogP contribution in [0.1, 0.15) is 5.56 Å². The maximum atomic E-state index is 11.5. The number of aliphatic hydroxyl groups is 2. The summed E-state index contributed by atoms with van der Waals surface area (Å²) in [6.07, 6.45) is 0. The molecule has 0 saturated carbocycles. The molecule has 5 heteroatoms. The van der Waals surface area contributed by atoms with Crippen LogP contribution in [-0.2, 0) is 4.79 Å². The molecule has 0 bridgehead atoms. The lowest BCUT2D eigenvalue weighted by atomic mass is 10.2. The van der Waals surface area contributed by atoms with Gasteiger partial charge in [-0.05, 0) is 19.1 Å². The summed E-state index contributed by atoms with van der Waals surface area (Å²) in [5.41, 5.74) is 4.28. The van der Waals surface area contributed by atoms with E-state index in [1.807, 2.05) is 19.1 Å². The number of nitrogens with one attached hydrogen (secondary N) is 1. The van der Waals surface area contributed by atoms with Crippen LogP contribution in [-0.4, -0.2) is 28.5 Å². The molecule has 2 rings (SSSR count). The van der Waals surface area contributed by atoms with Crippen LogP contribution in [0.4, 0.5) is 5.69 Å². The largest absolute Gasteiger partial charge is 0.357 e. The van der Waals surface area contributed by atoms with Gasteiger partial charge in [0.05, 0.1) is 12.2 Å². The Balaban J connectivity index is 2.27. The number of nitrogens with zero attached hydrogens (tertiary/aromatic N) is 1. The van der Waals surface area contributed by atoms with Crippen LogP contribution < -0.4 is 10.4 Å². The van der Waals surface area contributed by atoms with Gasteiger partial charge in [-0.3, -0.25) is 4.79 Å². The third kappa shape index (κ3) is 1.72. The predicted molar refractivity (Wildman–Crippen MR) is 53.8 cm³/mol. The third-order valence-electron chi connectivity index (χ3n) is 2.32. The molecule has 0 radical (unpaired) electrons. The monoisotopic (exact) mass is 208 g/mol. The SMILES string of the molecule is Cc1ccc(N2NCC(O)(O)C2=O)cc1. The first kappa shape index (κ1) is 10.1. The molecule has 3 N–H and O–H groups in total. The third-order valence-corrected chi connectivity index (χ3v) is 2.32. The van der Waals surface area contributed by atoms with E-state index in [1.165, 1.54) is 0 Å². The second-order valence-electron chi connectivity index (χ2n) is 3.63. The number of β-amino-alcohol motifs (C(OH)–C–C–N with tert-alkyl or cyclic N) is 2. The van der Waals surface area contributed by atoms with Crippen LogP contribution >= 0.6 is 0 Å². The van der Waals surface area contributed by atoms with Crippen molar-refractivity contribution in [3.63, 3.8) is 0 Å². The molecule has 15 heavy (non-hydrogen) atoms. The minimum atomic E-state index is -2.30. The number of rotatable bonds is 1. The topological polar surface area (TPSA) is 72.8 Å². The van der Waals surface area contributed by atoms with Gasteiger partial charge in [0, 0.05) is 0 Å². The zero-order valence-corrected chi connectivity index (χ0v) is 8.27. The van der Waals surface area contributed by atoms with Crippen molar-refractivity contribution in [1.82, 2.24) is 5.43 Å². The lowest BCUT2D eigenvalue weighted by molar-refractivity contribution is -0.170. The van der Waals surface area contributed by atoms with E-state index in [0.717, 1.165) is 10.6 Å². The molecule has 0 spiro atoms. The number of anilines is 1. The van der Waals surface area contributed by atoms with Crippen LogP contribution in [0.15, 0.2) is 24.3 Å². The number of hydrogen-bond donors (Lipinski definition) is 3. The molecule has 1 aromatic carbocycles. The molecule has 5 nitrogen and oxygen atoms in total. The fourth-order valence-corrected chi connectivity index (χ4v) is 1.42. The van der Waals surface area contributed by atoms with Crippen molar-refractivity contribution in [3.05, 3.63) is 29.8 Å². The predicted octanol–water partition coefficient (Wildman–Crippen LogP) is -0.473. The minimum absolute atomic E-state index is 0.195. The standard InChI is InChI=1S/C10H12N2O3/c1-7-2-4-8(5-3-7)12-9(13)10(14,15)6-11-12/h2-5,11,14-15H,6H2,1H3. The van der Waals surface area contributed by atoms with Crippen molar-refractivity contribution in [2.24, 2.45) is 0 Å². The average molecular weight is 208 g/mol.